The van der Waals surface area contributed by atoms with Crippen LogP contribution in [-0.2, 0) is 5.33 Å². The predicted molar refractivity (Wildman–Crippen MR) is 79.0 cm³/mol. The minimum atomic E-state index is -0.540. The van der Waals surface area contributed by atoms with Crippen LogP contribution in [0.15, 0.2) is 36.4 Å². The van der Waals surface area contributed by atoms with Gasteiger partial charge in [-0.05, 0) is 29.8 Å². The summed E-state index contributed by atoms with van der Waals surface area (Å²) < 4.78 is 29.7. The van der Waals surface area contributed by atoms with Gasteiger partial charge >= 0.3 is 0 Å². The summed E-state index contributed by atoms with van der Waals surface area (Å²) in [7, 11) is 1.50. The lowest BCUT2D eigenvalue weighted by Crippen LogP contribution is -1.85. The van der Waals surface area contributed by atoms with Crippen molar-refractivity contribution < 1.29 is 23.4 Å². The maximum atomic E-state index is 12.6. The summed E-state index contributed by atoms with van der Waals surface area (Å²) in [4.78, 5) is 10.3. The number of hydrogen-bond donors (Lipinski definition) is 1. The summed E-state index contributed by atoms with van der Waals surface area (Å²) in [6.07, 6.45) is 0.581. The number of benzene rings is 2. The Balaban J connectivity index is 0.000000211. The van der Waals surface area contributed by atoms with E-state index in [2.05, 4.69) is 15.9 Å². The van der Waals surface area contributed by atoms with E-state index in [9.17, 15) is 13.6 Å². The van der Waals surface area contributed by atoms with Crippen LogP contribution in [0, 0.1) is 11.6 Å². The van der Waals surface area contributed by atoms with Crippen molar-refractivity contribution >= 4 is 22.2 Å². The molecule has 2 aromatic rings. The molecule has 0 saturated heterocycles. The van der Waals surface area contributed by atoms with E-state index in [1.807, 2.05) is 0 Å². The highest BCUT2D eigenvalue weighted by Gasteiger charge is 2.00. The summed E-state index contributed by atoms with van der Waals surface area (Å²) >= 11 is 3.07. The molecule has 6 heteroatoms. The van der Waals surface area contributed by atoms with E-state index in [-0.39, 0.29) is 11.3 Å². The third-order valence-corrected chi connectivity index (χ3v) is 3.12. The second kappa shape index (κ2) is 8.36. The quantitative estimate of drug-likeness (QED) is 0.664. The first-order chi connectivity index (χ1) is 10.0. The lowest BCUT2D eigenvalue weighted by molar-refractivity contribution is 0.112. The Hall–Kier alpha value is -1.95. The van der Waals surface area contributed by atoms with Crippen LogP contribution < -0.4 is 4.74 Å². The van der Waals surface area contributed by atoms with Gasteiger partial charge in [-0.2, -0.15) is 0 Å². The van der Waals surface area contributed by atoms with Crippen LogP contribution in [0.25, 0.3) is 0 Å². The highest BCUT2D eigenvalue weighted by molar-refractivity contribution is 9.08. The van der Waals surface area contributed by atoms with Crippen molar-refractivity contribution in [3.8, 4) is 11.5 Å². The van der Waals surface area contributed by atoms with Crippen LogP contribution >= 0.6 is 15.9 Å². The summed E-state index contributed by atoms with van der Waals surface area (Å²) in [5.74, 6) is -0.509. The van der Waals surface area contributed by atoms with E-state index in [4.69, 9.17) is 9.84 Å². The molecule has 0 atom stereocenters. The van der Waals surface area contributed by atoms with Gasteiger partial charge in [0.25, 0.3) is 0 Å². The maximum absolute atomic E-state index is 12.6. The molecule has 0 radical (unpaired) electrons. The molecular weight excluding hydrogens is 346 g/mol. The van der Waals surface area contributed by atoms with Crippen molar-refractivity contribution in [1.29, 1.82) is 0 Å². The second-order valence-corrected chi connectivity index (χ2v) is 4.47. The summed E-state index contributed by atoms with van der Waals surface area (Å²) in [5, 5.41) is 9.46. The third kappa shape index (κ3) is 5.15. The fraction of sp³-hybridized carbons (Fsp3) is 0.133. The minimum absolute atomic E-state index is 0.0270. The molecule has 0 bridgehead atoms. The second-order valence-electron chi connectivity index (χ2n) is 3.91. The number of carbonyl (C=O) groups is 1. The molecule has 0 saturated carbocycles. The molecule has 0 aromatic heterocycles. The molecule has 0 aliphatic rings. The lowest BCUT2D eigenvalue weighted by atomic mass is 10.2. The number of methoxy groups -OCH3 is 1. The Labute approximate surface area is 129 Å². The Bertz CT molecular complexity index is 618. The van der Waals surface area contributed by atoms with Gasteiger partial charge in [0.15, 0.2) is 6.29 Å². The molecule has 0 fully saturated rings. The average Bonchev–Trinajstić information content (AvgIpc) is 2.48. The predicted octanol–water partition coefficient (Wildman–Crippen LogP) is 4.07. The van der Waals surface area contributed by atoms with Gasteiger partial charge in [0.05, 0.1) is 12.7 Å². The smallest absolute Gasteiger partial charge is 0.153 e. The van der Waals surface area contributed by atoms with Crippen LogP contribution in [0.5, 0.6) is 11.5 Å². The number of ether oxygens (including phenoxy) is 1. The first kappa shape index (κ1) is 17.1. The third-order valence-electron chi connectivity index (χ3n) is 2.52. The van der Waals surface area contributed by atoms with Crippen LogP contribution in [0.2, 0.25) is 0 Å². The number of alkyl halides is 1. The Morgan fingerprint density at radius 1 is 1.24 bits per heavy atom. The molecule has 2 rings (SSSR count). The summed E-state index contributed by atoms with van der Waals surface area (Å²) in [6, 6.07) is 8.00. The summed E-state index contributed by atoms with van der Waals surface area (Å²) in [6.45, 7) is 0. The normalized spacial score (nSPS) is 9.52. The molecule has 0 aliphatic carbocycles. The molecule has 0 amide bonds. The van der Waals surface area contributed by atoms with Gasteiger partial charge in [-0.25, -0.2) is 8.78 Å². The number of halogens is 3. The van der Waals surface area contributed by atoms with Crippen molar-refractivity contribution in [3.05, 3.63) is 59.2 Å². The van der Waals surface area contributed by atoms with Gasteiger partial charge in [0, 0.05) is 11.4 Å². The van der Waals surface area contributed by atoms with Gasteiger partial charge in [-0.1, -0.05) is 22.0 Å². The van der Waals surface area contributed by atoms with Crippen LogP contribution in [-0.4, -0.2) is 18.5 Å². The lowest BCUT2D eigenvalue weighted by Gasteiger charge is -2.00. The average molecular weight is 359 g/mol. The highest BCUT2D eigenvalue weighted by atomic mass is 79.9. The molecule has 3 nitrogen and oxygen atoms in total. The van der Waals surface area contributed by atoms with Crippen molar-refractivity contribution in [1.82, 2.24) is 0 Å². The zero-order valence-corrected chi connectivity index (χ0v) is 12.7. The van der Waals surface area contributed by atoms with Gasteiger partial charge in [0.1, 0.15) is 23.1 Å². The molecule has 1 N–H and O–H groups in total. The standard InChI is InChI=1S/C8H8O3.C7H5BrF2/c1-11-7-2-3-8(10)6(4-7)5-9;8-4-5-1-2-6(9)3-7(5)10/h2-5,10H,1H3;1-3H,4H2. The molecule has 0 heterocycles. The van der Waals surface area contributed by atoms with E-state index >= 15 is 0 Å². The van der Waals surface area contributed by atoms with E-state index < -0.39 is 11.6 Å². The monoisotopic (exact) mass is 358 g/mol. The number of aromatic hydroxyl groups is 1. The first-order valence-electron chi connectivity index (χ1n) is 5.84. The van der Waals surface area contributed by atoms with E-state index in [0.717, 1.165) is 6.07 Å². The van der Waals surface area contributed by atoms with Crippen LogP contribution in [0.3, 0.4) is 0 Å². The number of carbonyl (C=O) groups excluding carboxylic acids is 1. The molecule has 0 spiro atoms. The Kier molecular flexibility index (Phi) is 6.81. The van der Waals surface area contributed by atoms with Gasteiger partial charge in [-0.3, -0.25) is 4.79 Å². The molecule has 21 heavy (non-hydrogen) atoms. The van der Waals surface area contributed by atoms with Crippen molar-refractivity contribution in [2.24, 2.45) is 0 Å². The van der Waals surface area contributed by atoms with E-state index in [1.54, 1.807) is 6.07 Å². The molecule has 112 valence electrons. The van der Waals surface area contributed by atoms with Crippen LogP contribution in [0.1, 0.15) is 15.9 Å². The maximum Gasteiger partial charge on any atom is 0.153 e. The van der Waals surface area contributed by atoms with Crippen molar-refractivity contribution in [2.75, 3.05) is 7.11 Å². The SMILES string of the molecule is COc1ccc(O)c(C=O)c1.Fc1ccc(CBr)c(F)c1. The van der Waals surface area contributed by atoms with Gasteiger partial charge < -0.3 is 9.84 Å². The minimum Gasteiger partial charge on any atom is -0.507 e. The highest BCUT2D eigenvalue weighted by Crippen LogP contribution is 2.20. The zero-order chi connectivity index (χ0) is 15.8. The number of phenolic OH excluding ortho intramolecular Hbond substituents is 1. The number of hydrogen-bond acceptors (Lipinski definition) is 3. The number of rotatable bonds is 3. The van der Waals surface area contributed by atoms with Crippen molar-refractivity contribution in [3.63, 3.8) is 0 Å². The van der Waals surface area contributed by atoms with E-state index in [1.165, 1.54) is 31.4 Å². The molecule has 0 unspecified atom stereocenters. The van der Waals surface area contributed by atoms with Crippen molar-refractivity contribution in [2.45, 2.75) is 5.33 Å². The molecule has 0 aliphatic heterocycles. The van der Waals surface area contributed by atoms with Gasteiger partial charge in [0.2, 0.25) is 0 Å². The van der Waals surface area contributed by atoms with Crippen LogP contribution in [0.4, 0.5) is 8.78 Å². The number of phenols is 1. The molecular formula is C15H13BrF2O3. The topological polar surface area (TPSA) is 46.5 Å². The first-order valence-corrected chi connectivity index (χ1v) is 6.96. The summed E-state index contributed by atoms with van der Waals surface area (Å²) in [5.41, 5.74) is 0.714. The van der Waals surface area contributed by atoms with E-state index in [0.29, 0.717) is 22.9 Å². The fourth-order valence-electron chi connectivity index (χ4n) is 1.38. The van der Waals surface area contributed by atoms with Gasteiger partial charge in [-0.15, -0.1) is 0 Å². The molecule has 2 aromatic carbocycles. The zero-order valence-electron chi connectivity index (χ0n) is 11.1. The largest absolute Gasteiger partial charge is 0.507 e. The fourth-order valence-corrected chi connectivity index (χ4v) is 1.84. The Morgan fingerprint density at radius 3 is 2.48 bits per heavy atom. The number of aldehydes is 1. The Morgan fingerprint density at radius 2 is 1.95 bits per heavy atom.